The predicted molar refractivity (Wildman–Crippen MR) is 102 cm³/mol. The van der Waals surface area contributed by atoms with Gasteiger partial charge in [0.1, 0.15) is 0 Å². The van der Waals surface area contributed by atoms with Crippen molar-refractivity contribution in [3.05, 3.63) is 74.5 Å². The number of halogens is 2. The van der Waals surface area contributed by atoms with E-state index in [9.17, 15) is 13.2 Å². The van der Waals surface area contributed by atoms with Crippen LogP contribution in [-0.2, 0) is 9.84 Å². The van der Waals surface area contributed by atoms with E-state index in [4.69, 9.17) is 0 Å². The maximum atomic E-state index is 13.1. The number of carbonyl (C=O) groups is 1. The Hall–Kier alpha value is -1.44. The standard InChI is InChI=1S/C17H13Br2NO3S/c18-12-5-7-13(8-6-12)20(14-9-10-24(22,23)11-14)17(21)15-3-1-2-4-16(15)19/h1-10,14H,11H2/t14-/m1/s1. The molecule has 1 heterocycles. The summed E-state index contributed by atoms with van der Waals surface area (Å²) in [6, 6.07) is 13.8. The summed E-state index contributed by atoms with van der Waals surface area (Å²) in [4.78, 5) is 14.6. The van der Waals surface area contributed by atoms with Gasteiger partial charge in [-0.3, -0.25) is 4.79 Å². The fourth-order valence-corrected chi connectivity index (χ4v) is 4.53. The summed E-state index contributed by atoms with van der Waals surface area (Å²) in [5.74, 6) is -0.365. The van der Waals surface area contributed by atoms with Crippen molar-refractivity contribution in [2.75, 3.05) is 10.7 Å². The summed E-state index contributed by atoms with van der Waals surface area (Å²) < 4.78 is 25.2. The minimum absolute atomic E-state index is 0.112. The van der Waals surface area contributed by atoms with Crippen LogP contribution < -0.4 is 4.90 Å². The highest BCUT2D eigenvalue weighted by molar-refractivity contribution is 9.10. The number of hydrogen-bond donors (Lipinski definition) is 0. The molecule has 24 heavy (non-hydrogen) atoms. The van der Waals surface area contributed by atoms with Gasteiger partial charge >= 0.3 is 0 Å². The molecule has 7 heteroatoms. The van der Waals surface area contributed by atoms with Crippen LogP contribution in [0.15, 0.2) is 69.0 Å². The van der Waals surface area contributed by atoms with E-state index in [1.54, 1.807) is 36.4 Å². The lowest BCUT2D eigenvalue weighted by molar-refractivity contribution is 0.0982. The van der Waals surface area contributed by atoms with Crippen molar-refractivity contribution in [3.8, 4) is 0 Å². The second-order valence-corrected chi connectivity index (χ2v) is 9.06. The molecule has 1 aliphatic heterocycles. The molecule has 0 radical (unpaired) electrons. The van der Waals surface area contributed by atoms with Crippen LogP contribution in [0, 0.1) is 0 Å². The highest BCUT2D eigenvalue weighted by Crippen LogP contribution is 2.28. The number of anilines is 1. The Morgan fingerprint density at radius 3 is 2.29 bits per heavy atom. The first-order chi connectivity index (χ1) is 11.4. The molecular weight excluding hydrogens is 458 g/mol. The number of benzene rings is 2. The summed E-state index contributed by atoms with van der Waals surface area (Å²) in [5, 5.41) is 1.18. The minimum Gasteiger partial charge on any atom is -0.300 e. The molecule has 1 atom stereocenters. The molecule has 1 amide bonds. The molecule has 1 aliphatic rings. The van der Waals surface area contributed by atoms with Crippen molar-refractivity contribution in [1.82, 2.24) is 0 Å². The fraction of sp³-hybridized carbons (Fsp3) is 0.118. The molecule has 2 aromatic rings. The predicted octanol–water partition coefficient (Wildman–Crippen LogP) is 4.17. The molecule has 0 aromatic heterocycles. The first-order valence-corrected chi connectivity index (χ1v) is 10.4. The Morgan fingerprint density at radius 2 is 1.71 bits per heavy atom. The second-order valence-electron chi connectivity index (χ2n) is 5.36. The summed E-state index contributed by atoms with van der Waals surface area (Å²) >= 11 is 6.76. The normalized spacial score (nSPS) is 18.5. The van der Waals surface area contributed by atoms with E-state index in [2.05, 4.69) is 31.9 Å². The van der Waals surface area contributed by atoms with E-state index < -0.39 is 15.9 Å². The Balaban J connectivity index is 2.05. The molecule has 0 spiro atoms. The lowest BCUT2D eigenvalue weighted by Gasteiger charge is -2.28. The summed E-state index contributed by atoms with van der Waals surface area (Å²) in [6.07, 6.45) is 1.56. The van der Waals surface area contributed by atoms with Gasteiger partial charge < -0.3 is 4.90 Å². The highest BCUT2D eigenvalue weighted by atomic mass is 79.9. The quantitative estimate of drug-likeness (QED) is 0.676. The van der Waals surface area contributed by atoms with Gasteiger partial charge in [0.2, 0.25) is 0 Å². The van der Waals surface area contributed by atoms with Crippen LogP contribution >= 0.6 is 31.9 Å². The summed E-state index contributed by atoms with van der Waals surface area (Å²) in [7, 11) is -3.28. The van der Waals surface area contributed by atoms with Gasteiger partial charge in [-0.25, -0.2) is 8.42 Å². The van der Waals surface area contributed by atoms with Crippen LogP contribution in [0.1, 0.15) is 10.4 Å². The molecule has 0 fully saturated rings. The van der Waals surface area contributed by atoms with Crippen LogP contribution in [0.25, 0.3) is 0 Å². The molecule has 3 rings (SSSR count). The minimum atomic E-state index is -3.28. The van der Waals surface area contributed by atoms with Crippen molar-refractivity contribution in [3.63, 3.8) is 0 Å². The van der Waals surface area contributed by atoms with Gasteiger partial charge in [0.25, 0.3) is 5.91 Å². The van der Waals surface area contributed by atoms with Gasteiger partial charge in [-0.1, -0.05) is 28.1 Å². The van der Waals surface area contributed by atoms with Gasteiger partial charge in [0, 0.05) is 20.0 Å². The smallest absolute Gasteiger partial charge is 0.260 e. The van der Waals surface area contributed by atoms with Gasteiger partial charge in [0.15, 0.2) is 9.84 Å². The van der Waals surface area contributed by atoms with Crippen LogP contribution in [0.5, 0.6) is 0 Å². The van der Waals surface area contributed by atoms with Crippen molar-refractivity contribution < 1.29 is 13.2 Å². The zero-order chi connectivity index (χ0) is 17.3. The number of carbonyl (C=O) groups excluding carboxylic acids is 1. The monoisotopic (exact) mass is 469 g/mol. The summed E-state index contributed by atoms with van der Waals surface area (Å²) in [5.41, 5.74) is 1.13. The third-order valence-corrected chi connectivity index (χ3v) is 6.27. The summed E-state index contributed by atoms with van der Waals surface area (Å²) in [6.45, 7) is 0. The van der Waals surface area contributed by atoms with Crippen LogP contribution in [0.3, 0.4) is 0 Å². The number of hydrogen-bond acceptors (Lipinski definition) is 3. The Labute approximate surface area is 157 Å². The third-order valence-electron chi connectivity index (χ3n) is 3.67. The molecule has 124 valence electrons. The second kappa shape index (κ2) is 6.82. The van der Waals surface area contributed by atoms with Gasteiger partial charge in [-0.2, -0.15) is 0 Å². The molecule has 0 saturated heterocycles. The lowest BCUT2D eigenvalue weighted by Crippen LogP contribution is -2.41. The van der Waals surface area contributed by atoms with E-state index in [1.165, 1.54) is 10.3 Å². The Kier molecular flexibility index (Phi) is 4.94. The maximum Gasteiger partial charge on any atom is 0.260 e. The zero-order valence-electron chi connectivity index (χ0n) is 12.4. The van der Waals surface area contributed by atoms with E-state index in [-0.39, 0.29) is 11.7 Å². The molecule has 0 unspecified atom stereocenters. The van der Waals surface area contributed by atoms with Crippen molar-refractivity contribution in [2.24, 2.45) is 0 Å². The van der Waals surface area contributed by atoms with Gasteiger partial charge in [-0.05, 0) is 58.4 Å². The molecule has 4 nitrogen and oxygen atoms in total. The fourth-order valence-electron chi connectivity index (χ4n) is 2.55. The van der Waals surface area contributed by atoms with E-state index in [0.29, 0.717) is 15.7 Å². The first kappa shape index (κ1) is 17.4. The third kappa shape index (κ3) is 3.63. The molecular formula is C17H13Br2NO3S. The SMILES string of the molecule is O=C(c1ccccc1Br)N(c1ccc(Br)cc1)[C@@H]1C=CS(=O)(=O)C1. The van der Waals surface area contributed by atoms with Crippen molar-refractivity contribution in [2.45, 2.75) is 6.04 Å². The van der Waals surface area contributed by atoms with Gasteiger partial charge in [-0.15, -0.1) is 0 Å². The van der Waals surface area contributed by atoms with E-state index >= 15 is 0 Å². The zero-order valence-corrected chi connectivity index (χ0v) is 16.4. The Morgan fingerprint density at radius 1 is 1.04 bits per heavy atom. The number of amides is 1. The number of nitrogens with zero attached hydrogens (tertiary/aromatic N) is 1. The van der Waals surface area contributed by atoms with E-state index in [0.717, 1.165) is 4.47 Å². The number of rotatable bonds is 3. The largest absolute Gasteiger partial charge is 0.300 e. The van der Waals surface area contributed by atoms with Crippen molar-refractivity contribution >= 4 is 53.3 Å². The molecule has 0 bridgehead atoms. The lowest BCUT2D eigenvalue weighted by atomic mass is 10.1. The molecule has 0 N–H and O–H groups in total. The average molecular weight is 471 g/mol. The topological polar surface area (TPSA) is 54.5 Å². The van der Waals surface area contributed by atoms with Crippen molar-refractivity contribution in [1.29, 1.82) is 0 Å². The van der Waals surface area contributed by atoms with E-state index in [1.807, 2.05) is 18.2 Å². The number of sulfone groups is 1. The molecule has 2 aromatic carbocycles. The van der Waals surface area contributed by atoms with Gasteiger partial charge in [0.05, 0.1) is 17.4 Å². The average Bonchev–Trinajstić information content (AvgIpc) is 2.89. The first-order valence-electron chi connectivity index (χ1n) is 7.12. The molecule has 0 aliphatic carbocycles. The van der Waals surface area contributed by atoms with Crippen LogP contribution in [-0.4, -0.2) is 26.1 Å². The molecule has 0 saturated carbocycles. The Bertz CT molecular complexity index is 908. The highest BCUT2D eigenvalue weighted by Gasteiger charge is 2.32. The van der Waals surface area contributed by atoms with Crippen LogP contribution in [0.4, 0.5) is 5.69 Å². The van der Waals surface area contributed by atoms with Crippen LogP contribution in [0.2, 0.25) is 0 Å². The maximum absolute atomic E-state index is 13.1.